The molecule has 0 unspecified atom stereocenters. The van der Waals surface area contributed by atoms with Crippen LogP contribution in [-0.4, -0.2) is 35.9 Å². The molecule has 0 saturated heterocycles. The van der Waals surface area contributed by atoms with E-state index in [9.17, 15) is 9.59 Å². The van der Waals surface area contributed by atoms with Crippen LogP contribution < -0.4 is 14.8 Å². The monoisotopic (exact) mass is 343 g/mol. The number of ketones is 1. The number of ether oxygens (including phenoxy) is 2. The van der Waals surface area contributed by atoms with Crippen LogP contribution >= 0.6 is 0 Å². The number of benzene rings is 1. The Labute approximate surface area is 146 Å². The SMILES string of the molecule is CNC(C)(C)c1nc(OC)c(OC(=O)c2ccccc2)c(C(C)=O)n1. The van der Waals surface area contributed by atoms with E-state index in [4.69, 9.17) is 9.47 Å². The number of carbonyl (C=O) groups is 2. The molecule has 132 valence electrons. The fourth-order valence-electron chi connectivity index (χ4n) is 2.02. The van der Waals surface area contributed by atoms with Crippen molar-refractivity contribution in [3.63, 3.8) is 0 Å². The Bertz CT molecular complexity index is 788. The molecule has 2 rings (SSSR count). The normalized spacial score (nSPS) is 11.1. The van der Waals surface area contributed by atoms with Crippen LogP contribution in [0.4, 0.5) is 0 Å². The molecule has 2 aromatic rings. The minimum absolute atomic E-state index is 0.00513. The first-order valence-corrected chi connectivity index (χ1v) is 7.73. The van der Waals surface area contributed by atoms with Gasteiger partial charge in [-0.1, -0.05) is 18.2 Å². The number of hydrogen-bond donors (Lipinski definition) is 1. The number of esters is 1. The Morgan fingerprint density at radius 2 is 1.76 bits per heavy atom. The van der Waals surface area contributed by atoms with Crippen LogP contribution in [0.3, 0.4) is 0 Å². The second-order valence-corrected chi connectivity index (χ2v) is 5.92. The average molecular weight is 343 g/mol. The Morgan fingerprint density at radius 3 is 2.28 bits per heavy atom. The van der Waals surface area contributed by atoms with E-state index in [1.165, 1.54) is 14.0 Å². The predicted molar refractivity (Wildman–Crippen MR) is 92.1 cm³/mol. The van der Waals surface area contributed by atoms with Crippen molar-refractivity contribution in [3.8, 4) is 11.6 Å². The molecule has 1 aromatic carbocycles. The maximum atomic E-state index is 12.3. The molecule has 0 saturated carbocycles. The molecular formula is C18H21N3O4. The highest BCUT2D eigenvalue weighted by Gasteiger charge is 2.29. The van der Waals surface area contributed by atoms with Gasteiger partial charge in [-0.25, -0.2) is 9.78 Å². The second-order valence-electron chi connectivity index (χ2n) is 5.92. The zero-order valence-corrected chi connectivity index (χ0v) is 14.9. The van der Waals surface area contributed by atoms with Gasteiger partial charge in [-0.05, 0) is 33.0 Å². The summed E-state index contributed by atoms with van der Waals surface area (Å²) in [6.07, 6.45) is 0. The van der Waals surface area contributed by atoms with E-state index in [0.717, 1.165) is 0 Å². The van der Waals surface area contributed by atoms with Crippen LogP contribution in [0, 0.1) is 0 Å². The van der Waals surface area contributed by atoms with Gasteiger partial charge in [0, 0.05) is 6.92 Å². The van der Waals surface area contributed by atoms with Crippen molar-refractivity contribution in [2.24, 2.45) is 0 Å². The van der Waals surface area contributed by atoms with Gasteiger partial charge in [0.2, 0.25) is 5.75 Å². The number of nitrogens with zero attached hydrogens (tertiary/aromatic N) is 2. The van der Waals surface area contributed by atoms with Crippen LogP contribution in [0.2, 0.25) is 0 Å². The van der Waals surface area contributed by atoms with E-state index >= 15 is 0 Å². The molecule has 0 fully saturated rings. The van der Waals surface area contributed by atoms with Gasteiger partial charge in [-0.2, -0.15) is 4.98 Å². The molecule has 7 heteroatoms. The van der Waals surface area contributed by atoms with Crippen LogP contribution in [0.15, 0.2) is 30.3 Å². The van der Waals surface area contributed by atoms with Gasteiger partial charge in [-0.3, -0.25) is 4.79 Å². The van der Waals surface area contributed by atoms with Gasteiger partial charge >= 0.3 is 5.97 Å². The van der Waals surface area contributed by atoms with Gasteiger partial charge in [0.15, 0.2) is 17.3 Å². The van der Waals surface area contributed by atoms with E-state index < -0.39 is 11.5 Å². The minimum atomic E-state index is -0.620. The molecule has 7 nitrogen and oxygen atoms in total. The largest absolute Gasteiger partial charge is 0.478 e. The number of nitrogens with one attached hydrogen (secondary N) is 1. The zero-order valence-electron chi connectivity index (χ0n) is 14.9. The van der Waals surface area contributed by atoms with Crippen molar-refractivity contribution in [3.05, 3.63) is 47.4 Å². The van der Waals surface area contributed by atoms with E-state index in [1.807, 2.05) is 13.8 Å². The lowest BCUT2D eigenvalue weighted by Gasteiger charge is -2.23. The van der Waals surface area contributed by atoms with Crippen LogP contribution in [0.5, 0.6) is 11.6 Å². The maximum Gasteiger partial charge on any atom is 0.343 e. The molecule has 25 heavy (non-hydrogen) atoms. The summed E-state index contributed by atoms with van der Waals surface area (Å²) in [6, 6.07) is 8.45. The van der Waals surface area contributed by atoms with E-state index in [-0.39, 0.29) is 23.1 Å². The number of rotatable bonds is 6. The fourth-order valence-corrected chi connectivity index (χ4v) is 2.02. The van der Waals surface area contributed by atoms with Gasteiger partial charge in [0.05, 0.1) is 18.2 Å². The molecule has 1 aromatic heterocycles. The molecule has 1 heterocycles. The van der Waals surface area contributed by atoms with E-state index in [1.54, 1.807) is 37.4 Å². The Kier molecular flexibility index (Phi) is 5.48. The first-order valence-electron chi connectivity index (χ1n) is 7.73. The van der Waals surface area contributed by atoms with Crippen molar-refractivity contribution in [2.45, 2.75) is 26.3 Å². The first kappa shape index (κ1) is 18.5. The molecule has 0 bridgehead atoms. The predicted octanol–water partition coefficient (Wildman–Crippen LogP) is 2.36. The van der Waals surface area contributed by atoms with Crippen LogP contribution in [-0.2, 0) is 5.54 Å². The summed E-state index contributed by atoms with van der Waals surface area (Å²) in [6.45, 7) is 5.07. The number of aromatic nitrogens is 2. The highest BCUT2D eigenvalue weighted by Crippen LogP contribution is 2.32. The molecule has 0 aliphatic carbocycles. The number of carbonyl (C=O) groups excluding carboxylic acids is 2. The van der Waals surface area contributed by atoms with Crippen LogP contribution in [0.25, 0.3) is 0 Å². The molecule has 0 spiro atoms. The lowest BCUT2D eigenvalue weighted by molar-refractivity contribution is 0.0724. The summed E-state index contributed by atoms with van der Waals surface area (Å²) in [7, 11) is 3.15. The molecule has 0 atom stereocenters. The summed E-state index contributed by atoms with van der Waals surface area (Å²) in [5, 5.41) is 3.06. The lowest BCUT2D eigenvalue weighted by Crippen LogP contribution is -2.36. The van der Waals surface area contributed by atoms with Crippen molar-refractivity contribution >= 4 is 11.8 Å². The van der Waals surface area contributed by atoms with E-state index in [2.05, 4.69) is 15.3 Å². The highest BCUT2D eigenvalue weighted by molar-refractivity contribution is 5.98. The van der Waals surface area contributed by atoms with Gasteiger partial charge in [0.25, 0.3) is 5.88 Å². The lowest BCUT2D eigenvalue weighted by atomic mass is 10.0. The Hall–Kier alpha value is -2.80. The topological polar surface area (TPSA) is 90.4 Å². The number of Topliss-reactive ketones (excluding diaryl/α,β-unsaturated/α-hetero) is 1. The average Bonchev–Trinajstić information content (AvgIpc) is 2.61. The molecule has 0 aliphatic rings. The number of methoxy groups -OCH3 is 1. The smallest absolute Gasteiger partial charge is 0.343 e. The highest BCUT2D eigenvalue weighted by atomic mass is 16.6. The van der Waals surface area contributed by atoms with Gasteiger partial charge in [-0.15, -0.1) is 0 Å². The zero-order chi connectivity index (χ0) is 18.6. The summed E-state index contributed by atoms with van der Waals surface area (Å²) >= 11 is 0. The van der Waals surface area contributed by atoms with Crippen LogP contribution in [0.1, 0.15) is 47.4 Å². The van der Waals surface area contributed by atoms with Crippen molar-refractivity contribution in [1.82, 2.24) is 15.3 Å². The van der Waals surface area contributed by atoms with E-state index in [0.29, 0.717) is 11.4 Å². The van der Waals surface area contributed by atoms with Crippen molar-refractivity contribution in [1.29, 1.82) is 0 Å². The third kappa shape index (κ3) is 4.00. The number of hydrogen-bond acceptors (Lipinski definition) is 7. The molecule has 1 N–H and O–H groups in total. The first-order chi connectivity index (χ1) is 11.8. The van der Waals surface area contributed by atoms with Gasteiger partial charge in [0.1, 0.15) is 0 Å². The quantitative estimate of drug-likeness (QED) is 0.636. The van der Waals surface area contributed by atoms with Gasteiger partial charge < -0.3 is 14.8 Å². The fraction of sp³-hybridized carbons (Fsp3) is 0.333. The minimum Gasteiger partial charge on any atom is -0.478 e. The van der Waals surface area contributed by atoms with Crippen molar-refractivity contribution in [2.75, 3.05) is 14.2 Å². The van der Waals surface area contributed by atoms with Crippen molar-refractivity contribution < 1.29 is 19.1 Å². The molecule has 0 radical (unpaired) electrons. The molecular weight excluding hydrogens is 322 g/mol. The summed E-state index contributed by atoms with van der Waals surface area (Å²) in [5.74, 6) is -0.672. The summed E-state index contributed by atoms with van der Waals surface area (Å²) in [4.78, 5) is 33.0. The third-order valence-electron chi connectivity index (χ3n) is 3.75. The molecule has 0 amide bonds. The molecule has 0 aliphatic heterocycles. The Balaban J connectivity index is 2.53. The summed E-state index contributed by atoms with van der Waals surface area (Å²) in [5.41, 5.74) is -0.257. The summed E-state index contributed by atoms with van der Waals surface area (Å²) < 4.78 is 10.6. The standard InChI is InChI=1S/C18H21N3O4/c1-11(22)13-14(25-16(23)12-9-7-6-8-10-12)15(24-5)21-17(20-13)18(2,3)19-4/h6-10,19H,1-5H3. The maximum absolute atomic E-state index is 12.3. The second kappa shape index (κ2) is 7.40. The third-order valence-corrected chi connectivity index (χ3v) is 3.75. The Morgan fingerprint density at radius 1 is 1.12 bits per heavy atom.